The van der Waals surface area contributed by atoms with Gasteiger partial charge in [-0.15, -0.1) is 0 Å². The van der Waals surface area contributed by atoms with Gasteiger partial charge in [0, 0.05) is 0 Å². The third kappa shape index (κ3) is 8.48. The van der Waals surface area contributed by atoms with Crippen molar-refractivity contribution in [2.75, 3.05) is 11.5 Å². The maximum absolute atomic E-state index is 11.8. The van der Waals surface area contributed by atoms with Crippen LogP contribution in [0.4, 0.5) is 0 Å². The van der Waals surface area contributed by atoms with Gasteiger partial charge in [0.2, 0.25) is 0 Å². The molecule has 0 aromatic heterocycles. The van der Waals surface area contributed by atoms with Crippen molar-refractivity contribution < 1.29 is 15.6 Å². The van der Waals surface area contributed by atoms with Crippen LogP contribution in [-0.4, -0.2) is 69.6 Å². The number of carbonyl (C=O) groups excluding carboxylic acids is 2. The second-order valence-corrected chi connectivity index (χ2v) is 35.8. The van der Waals surface area contributed by atoms with Gasteiger partial charge in [-0.1, -0.05) is 0 Å². The molecule has 0 saturated carbocycles. The number of hydrogen-bond acceptors (Lipinski definition) is 8. The Hall–Kier alpha value is 2.14. The van der Waals surface area contributed by atoms with E-state index in [9.17, 15) is 9.59 Å². The first kappa shape index (κ1) is 22.8. The molecule has 2 atom stereocenters. The predicted octanol–water partition coefficient (Wildman–Crippen LogP) is 4.65. The Labute approximate surface area is 182 Å². The fraction of sp³-hybridized carbons (Fsp3) is 0.875. The summed E-state index contributed by atoms with van der Waals surface area (Å²) in [4.78, 5) is 23.6. The number of fused-ring (bicyclic) bond motifs is 4. The van der Waals surface area contributed by atoms with E-state index in [4.69, 9.17) is 6.03 Å². The predicted molar refractivity (Wildman–Crippen MR) is 118 cm³/mol. The fourth-order valence-electron chi connectivity index (χ4n) is 2.97. The van der Waals surface area contributed by atoms with Crippen molar-refractivity contribution in [3.63, 3.8) is 0 Å². The van der Waals surface area contributed by atoms with Gasteiger partial charge >= 0.3 is 185 Å². The normalized spacial score (nSPS) is 31.7. The Bertz CT molecular complexity index is 445. The van der Waals surface area contributed by atoms with Gasteiger partial charge in [-0.3, -0.25) is 0 Å². The first-order chi connectivity index (χ1) is 12.7. The molecule has 26 heavy (non-hydrogen) atoms. The fourth-order valence-corrected chi connectivity index (χ4v) is 62.9. The third-order valence-corrected chi connectivity index (χ3v) is 47.9. The van der Waals surface area contributed by atoms with E-state index in [1.807, 2.05) is 0 Å². The van der Waals surface area contributed by atoms with Crippen LogP contribution in [0.1, 0.15) is 64.2 Å². The van der Waals surface area contributed by atoms with Gasteiger partial charge in [-0.2, -0.15) is 0 Å². The van der Waals surface area contributed by atoms with Gasteiger partial charge in [-0.25, -0.2) is 0 Å². The van der Waals surface area contributed by atoms with E-state index in [1.54, 1.807) is 0 Å². The third-order valence-electron chi connectivity index (χ3n) is 4.42. The summed E-state index contributed by atoms with van der Waals surface area (Å²) >= 11 is -3.25. The van der Waals surface area contributed by atoms with Crippen molar-refractivity contribution in [1.82, 2.24) is 0 Å². The Balaban J connectivity index is 1.54. The second kappa shape index (κ2) is 12.7. The molecule has 3 heterocycles. The van der Waals surface area contributed by atoms with Crippen molar-refractivity contribution in [3.8, 4) is 0 Å². The van der Waals surface area contributed by atoms with Crippen LogP contribution >= 0.6 is 35.4 Å². The van der Waals surface area contributed by atoms with E-state index in [0.717, 1.165) is 36.2 Å². The SMILES string of the molecule is O=C1CCCCC2CC[S][Sb]([O][Sb]3[S]CCC(CCCCC(=O)O1)[S]3)[S]2. The van der Waals surface area contributed by atoms with Gasteiger partial charge in [0.05, 0.1) is 0 Å². The van der Waals surface area contributed by atoms with Gasteiger partial charge < -0.3 is 0 Å². The molecule has 3 fully saturated rings. The zero-order valence-corrected chi connectivity index (χ0v) is 23.2. The van der Waals surface area contributed by atoms with Crippen LogP contribution in [0.3, 0.4) is 0 Å². The summed E-state index contributed by atoms with van der Waals surface area (Å²) in [5.74, 6) is 1.86. The summed E-state index contributed by atoms with van der Waals surface area (Å²) in [6.45, 7) is 0. The van der Waals surface area contributed by atoms with Crippen molar-refractivity contribution in [1.29, 1.82) is 0 Å². The van der Waals surface area contributed by atoms with E-state index in [0.29, 0.717) is 12.8 Å². The molecule has 0 radical (unpaired) electrons. The Morgan fingerprint density at radius 3 is 1.73 bits per heavy atom. The minimum atomic E-state index is -1.62. The van der Waals surface area contributed by atoms with Gasteiger partial charge in [-0.05, 0) is 0 Å². The van der Waals surface area contributed by atoms with E-state index in [2.05, 4.69) is 35.4 Å². The van der Waals surface area contributed by atoms with Crippen LogP contribution in [0.25, 0.3) is 0 Å². The molecule has 0 amide bonds. The molecule has 4 nitrogen and oxygen atoms in total. The molecule has 148 valence electrons. The van der Waals surface area contributed by atoms with Crippen molar-refractivity contribution in [2.45, 2.75) is 74.7 Å². The van der Waals surface area contributed by atoms with E-state index in [-0.39, 0.29) is 11.9 Å². The molecular formula is C16H26O4S4Sb2. The Morgan fingerprint density at radius 1 is 0.731 bits per heavy atom. The molecule has 3 aliphatic heterocycles. The number of hydrogen-bond donors (Lipinski definition) is 0. The zero-order chi connectivity index (χ0) is 18.2. The van der Waals surface area contributed by atoms with Gasteiger partial charge in [0.25, 0.3) is 0 Å². The average Bonchev–Trinajstić information content (AvgIpc) is 2.62. The quantitative estimate of drug-likeness (QED) is 0.213. The molecule has 0 N–H and O–H groups in total. The summed E-state index contributed by atoms with van der Waals surface area (Å²) in [7, 11) is 8.72. The number of cyclic esters (lactones) is 2. The Kier molecular flexibility index (Phi) is 11.2. The monoisotopic (exact) mass is 652 g/mol. The minimum absolute atomic E-state index is 0.336. The van der Waals surface area contributed by atoms with Crippen LogP contribution in [0, 0.1) is 0 Å². The molecule has 0 aliphatic carbocycles. The van der Waals surface area contributed by atoms with Crippen LogP contribution < -0.4 is 0 Å². The van der Waals surface area contributed by atoms with Gasteiger partial charge in [0.15, 0.2) is 0 Å². The molecule has 0 aromatic rings. The van der Waals surface area contributed by atoms with Gasteiger partial charge in [0.1, 0.15) is 0 Å². The summed E-state index contributed by atoms with van der Waals surface area (Å²) < 4.78 is 11.7. The molecule has 2 unspecified atom stereocenters. The van der Waals surface area contributed by atoms with Crippen LogP contribution in [0.15, 0.2) is 0 Å². The standard InChI is InChI=1S/C16H30O3S4.O.2Sb/c17-15(7-3-1-5-13(22)9-11-20)19-16(18)8-4-2-6-14(23)10-12-21;;;/h13-14,20-23H,1-12H2;;;/q;;2*+2/p-4. The molecule has 3 saturated heterocycles. The van der Waals surface area contributed by atoms with Crippen LogP contribution in [0.5, 0.6) is 0 Å². The number of ether oxygens (including phenoxy) is 1. The van der Waals surface area contributed by atoms with E-state index >= 15 is 0 Å². The molecule has 0 spiro atoms. The average molecular weight is 654 g/mol. The zero-order valence-electron chi connectivity index (χ0n) is 14.8. The maximum atomic E-state index is 11.8. The first-order valence-corrected chi connectivity index (χ1v) is 27.4. The topological polar surface area (TPSA) is 52.6 Å². The summed E-state index contributed by atoms with van der Waals surface area (Å²) in [5, 5.41) is 1.46. The summed E-state index contributed by atoms with van der Waals surface area (Å²) in [5.41, 5.74) is 0. The molecule has 10 heteroatoms. The molecule has 4 bridgehead atoms. The first-order valence-electron chi connectivity index (χ1n) is 9.30. The molecule has 3 rings (SSSR count). The molecule has 3 aliphatic rings. The van der Waals surface area contributed by atoms with Crippen molar-refractivity contribution in [3.05, 3.63) is 0 Å². The second-order valence-electron chi connectivity index (χ2n) is 6.57. The summed E-state index contributed by atoms with van der Waals surface area (Å²) in [6, 6.07) is 0. The Morgan fingerprint density at radius 2 is 1.23 bits per heavy atom. The number of rotatable bonds is 0. The number of esters is 2. The van der Waals surface area contributed by atoms with Crippen molar-refractivity contribution in [2.24, 2.45) is 0 Å². The van der Waals surface area contributed by atoms with Crippen LogP contribution in [0.2, 0.25) is 0 Å². The molecular weight excluding hydrogens is 628 g/mol. The van der Waals surface area contributed by atoms with Crippen LogP contribution in [-0.2, 0) is 15.6 Å². The van der Waals surface area contributed by atoms with E-state index in [1.165, 1.54) is 37.2 Å². The van der Waals surface area contributed by atoms with Crippen molar-refractivity contribution >= 4 is 83.0 Å². The number of carbonyl (C=O) groups is 2. The summed E-state index contributed by atoms with van der Waals surface area (Å²) in [6.07, 6.45) is 9.45. The molecule has 0 aromatic carbocycles. The van der Waals surface area contributed by atoms with E-state index < -0.39 is 35.7 Å².